The summed E-state index contributed by atoms with van der Waals surface area (Å²) >= 11 is 3.42. The molecule has 0 unspecified atom stereocenters. The van der Waals surface area contributed by atoms with Crippen LogP contribution in [-0.4, -0.2) is 23.9 Å². The van der Waals surface area contributed by atoms with E-state index in [2.05, 4.69) is 22.0 Å². The van der Waals surface area contributed by atoms with Gasteiger partial charge in [-0.2, -0.15) is 5.26 Å². The summed E-state index contributed by atoms with van der Waals surface area (Å²) in [5, 5.41) is 9.11. The summed E-state index contributed by atoms with van der Waals surface area (Å²) in [5.41, 5.74) is 1.51. The van der Waals surface area contributed by atoms with Gasteiger partial charge in [0.15, 0.2) is 0 Å². The van der Waals surface area contributed by atoms with Crippen molar-refractivity contribution in [3.8, 4) is 6.07 Å². The van der Waals surface area contributed by atoms with Crippen molar-refractivity contribution in [3.63, 3.8) is 0 Å². The van der Waals surface area contributed by atoms with Gasteiger partial charge in [0.1, 0.15) is 0 Å². The zero-order valence-electron chi connectivity index (χ0n) is 11.2. The summed E-state index contributed by atoms with van der Waals surface area (Å²) in [6.45, 7) is 5.27. The Morgan fingerprint density at radius 3 is 2.53 bits per heavy atom. The van der Waals surface area contributed by atoms with Crippen molar-refractivity contribution in [2.45, 2.75) is 26.7 Å². The van der Waals surface area contributed by atoms with Crippen molar-refractivity contribution in [1.29, 1.82) is 5.26 Å². The number of aryl methyl sites for hydroxylation is 1. The first-order valence-corrected chi connectivity index (χ1v) is 7.20. The summed E-state index contributed by atoms with van der Waals surface area (Å²) < 4.78 is 0.926. The van der Waals surface area contributed by atoms with E-state index in [1.165, 1.54) is 0 Å². The number of carbonyl (C=O) groups excluding carboxylic acids is 1. The predicted molar refractivity (Wildman–Crippen MR) is 77.7 cm³/mol. The molecule has 1 amide bonds. The van der Waals surface area contributed by atoms with E-state index in [9.17, 15) is 4.79 Å². The Balaban J connectivity index is 2.12. The van der Waals surface area contributed by atoms with Crippen LogP contribution in [0.25, 0.3) is 0 Å². The lowest BCUT2D eigenvalue weighted by Crippen LogP contribution is -2.41. The minimum absolute atomic E-state index is 0.0596. The maximum absolute atomic E-state index is 12.4. The third-order valence-electron chi connectivity index (χ3n) is 3.71. The second-order valence-electron chi connectivity index (χ2n) is 5.48. The predicted octanol–water partition coefficient (Wildman–Crippen LogP) is 3.52. The molecular weight excluding hydrogens is 304 g/mol. The van der Waals surface area contributed by atoms with Crippen LogP contribution in [-0.2, 0) is 0 Å². The molecule has 0 atom stereocenters. The van der Waals surface area contributed by atoms with Crippen LogP contribution in [0.5, 0.6) is 0 Å². The van der Waals surface area contributed by atoms with Gasteiger partial charge >= 0.3 is 0 Å². The van der Waals surface area contributed by atoms with Gasteiger partial charge in [-0.05, 0) is 50.5 Å². The lowest BCUT2D eigenvalue weighted by atomic mass is 9.82. The Bertz CT molecular complexity index is 519. The summed E-state index contributed by atoms with van der Waals surface area (Å²) in [7, 11) is 0. The molecule has 0 aromatic heterocycles. The van der Waals surface area contributed by atoms with Crippen molar-refractivity contribution >= 4 is 21.8 Å². The van der Waals surface area contributed by atoms with Gasteiger partial charge < -0.3 is 4.90 Å². The van der Waals surface area contributed by atoms with Gasteiger partial charge in [0.2, 0.25) is 0 Å². The number of hydrogen-bond acceptors (Lipinski definition) is 2. The summed E-state index contributed by atoms with van der Waals surface area (Å²) in [5.74, 6) is 0.0596. The lowest BCUT2D eigenvalue weighted by Gasteiger charge is -2.35. The Hall–Kier alpha value is -1.34. The normalized spacial score (nSPS) is 17.9. The minimum Gasteiger partial charge on any atom is -0.339 e. The molecule has 19 heavy (non-hydrogen) atoms. The highest BCUT2D eigenvalue weighted by Gasteiger charge is 2.32. The van der Waals surface area contributed by atoms with E-state index >= 15 is 0 Å². The summed E-state index contributed by atoms with van der Waals surface area (Å²) in [4.78, 5) is 14.3. The molecule has 0 radical (unpaired) electrons. The van der Waals surface area contributed by atoms with Gasteiger partial charge in [-0.1, -0.05) is 15.9 Å². The van der Waals surface area contributed by atoms with Crippen LogP contribution in [0.1, 0.15) is 35.7 Å². The first-order chi connectivity index (χ1) is 8.93. The van der Waals surface area contributed by atoms with Gasteiger partial charge in [-0.15, -0.1) is 0 Å². The van der Waals surface area contributed by atoms with E-state index in [-0.39, 0.29) is 11.3 Å². The molecule has 0 spiro atoms. The average Bonchev–Trinajstić information content (AvgIpc) is 2.38. The zero-order chi connectivity index (χ0) is 14.0. The van der Waals surface area contributed by atoms with Crippen LogP contribution in [0.2, 0.25) is 0 Å². The number of rotatable bonds is 1. The van der Waals surface area contributed by atoms with Crippen LogP contribution >= 0.6 is 15.9 Å². The number of benzene rings is 1. The highest BCUT2D eigenvalue weighted by atomic mass is 79.9. The van der Waals surface area contributed by atoms with E-state index in [1.807, 2.05) is 36.9 Å². The van der Waals surface area contributed by atoms with Crippen LogP contribution < -0.4 is 0 Å². The minimum atomic E-state index is -0.274. The van der Waals surface area contributed by atoms with E-state index in [1.54, 1.807) is 0 Å². The van der Waals surface area contributed by atoms with E-state index in [4.69, 9.17) is 5.26 Å². The molecule has 1 aromatic rings. The number of likely N-dealkylation sites (tertiary alicyclic amines) is 1. The molecule has 1 aromatic carbocycles. The fourth-order valence-electron chi connectivity index (χ4n) is 2.36. The van der Waals surface area contributed by atoms with Crippen LogP contribution in [0.4, 0.5) is 0 Å². The largest absolute Gasteiger partial charge is 0.339 e. The molecule has 4 heteroatoms. The van der Waals surface area contributed by atoms with Gasteiger partial charge in [-0.25, -0.2) is 0 Å². The number of nitriles is 1. The molecule has 1 fully saturated rings. The van der Waals surface area contributed by atoms with Crippen LogP contribution in [0.3, 0.4) is 0 Å². The SMILES string of the molecule is Cc1cc(Br)cc(C(=O)N2CCC(C)(C#N)CC2)c1. The van der Waals surface area contributed by atoms with Gasteiger partial charge in [-0.3, -0.25) is 4.79 Å². The molecule has 0 saturated carbocycles. The molecule has 100 valence electrons. The van der Waals surface area contributed by atoms with E-state index < -0.39 is 0 Å². The molecule has 0 bridgehead atoms. The topological polar surface area (TPSA) is 44.1 Å². The maximum atomic E-state index is 12.4. The van der Waals surface area contributed by atoms with Gasteiger partial charge in [0.25, 0.3) is 5.91 Å². The molecule has 3 nitrogen and oxygen atoms in total. The second-order valence-corrected chi connectivity index (χ2v) is 6.40. The Morgan fingerprint density at radius 1 is 1.37 bits per heavy atom. The van der Waals surface area contributed by atoms with Crippen LogP contribution in [0, 0.1) is 23.7 Å². The molecule has 2 rings (SSSR count). The number of amides is 1. The number of carbonyl (C=O) groups is 1. The molecular formula is C15H17BrN2O. The van der Waals surface area contributed by atoms with Crippen LogP contribution in [0.15, 0.2) is 22.7 Å². The monoisotopic (exact) mass is 320 g/mol. The Labute approximate surface area is 122 Å². The first kappa shape index (κ1) is 14.1. The fourth-order valence-corrected chi connectivity index (χ4v) is 2.97. The molecule has 0 aliphatic carbocycles. The second kappa shape index (κ2) is 5.34. The molecule has 1 heterocycles. The van der Waals surface area contributed by atoms with E-state index in [0.29, 0.717) is 18.7 Å². The van der Waals surface area contributed by atoms with Crippen molar-refractivity contribution in [1.82, 2.24) is 4.90 Å². The third kappa shape index (κ3) is 3.16. The highest BCUT2D eigenvalue weighted by molar-refractivity contribution is 9.10. The number of piperidine rings is 1. The van der Waals surface area contributed by atoms with Gasteiger partial charge in [0.05, 0.1) is 11.5 Å². The smallest absolute Gasteiger partial charge is 0.253 e. The first-order valence-electron chi connectivity index (χ1n) is 6.41. The third-order valence-corrected chi connectivity index (χ3v) is 4.17. The van der Waals surface area contributed by atoms with Crippen molar-refractivity contribution in [2.24, 2.45) is 5.41 Å². The highest BCUT2D eigenvalue weighted by Crippen LogP contribution is 2.30. The van der Waals surface area contributed by atoms with Crippen molar-refractivity contribution in [2.75, 3.05) is 13.1 Å². The Morgan fingerprint density at radius 2 is 2.00 bits per heavy atom. The summed E-state index contributed by atoms with van der Waals surface area (Å²) in [6, 6.07) is 8.10. The average molecular weight is 321 g/mol. The molecule has 1 aliphatic heterocycles. The quantitative estimate of drug-likeness (QED) is 0.794. The van der Waals surface area contributed by atoms with Gasteiger partial charge in [0, 0.05) is 23.1 Å². The van der Waals surface area contributed by atoms with Crippen molar-refractivity contribution in [3.05, 3.63) is 33.8 Å². The standard InChI is InChI=1S/C15H17BrN2O/c1-11-7-12(9-13(16)8-11)14(19)18-5-3-15(2,10-17)4-6-18/h7-9H,3-6H2,1-2H3. The summed E-state index contributed by atoms with van der Waals surface area (Å²) in [6.07, 6.45) is 1.50. The molecule has 0 N–H and O–H groups in total. The van der Waals surface area contributed by atoms with E-state index in [0.717, 1.165) is 22.9 Å². The maximum Gasteiger partial charge on any atom is 0.253 e. The number of nitrogens with zero attached hydrogens (tertiary/aromatic N) is 2. The molecule has 1 aliphatic rings. The van der Waals surface area contributed by atoms with Crippen molar-refractivity contribution < 1.29 is 4.79 Å². The molecule has 1 saturated heterocycles. The Kier molecular flexibility index (Phi) is 3.96. The number of halogens is 1. The lowest BCUT2D eigenvalue weighted by molar-refractivity contribution is 0.0661. The zero-order valence-corrected chi connectivity index (χ0v) is 12.8. The number of hydrogen-bond donors (Lipinski definition) is 0. The fraction of sp³-hybridized carbons (Fsp3) is 0.467.